The first kappa shape index (κ1) is 19.7. The van der Waals surface area contributed by atoms with Crippen LogP contribution in [0.1, 0.15) is 30.9 Å². The van der Waals surface area contributed by atoms with Gasteiger partial charge in [0.1, 0.15) is 0 Å². The summed E-state index contributed by atoms with van der Waals surface area (Å²) in [4.78, 5) is 32.5. The number of benzene rings is 2. The molecule has 0 aliphatic carbocycles. The van der Waals surface area contributed by atoms with Gasteiger partial charge in [-0.25, -0.2) is 4.99 Å². The highest BCUT2D eigenvalue weighted by atomic mass is 35.5. The van der Waals surface area contributed by atoms with Crippen LogP contribution >= 0.6 is 23.4 Å². The lowest BCUT2D eigenvalue weighted by Gasteiger charge is -2.16. The van der Waals surface area contributed by atoms with Crippen molar-refractivity contribution < 1.29 is 9.59 Å². The van der Waals surface area contributed by atoms with E-state index >= 15 is 0 Å². The minimum Gasteiger partial charge on any atom is -0.308 e. The van der Waals surface area contributed by atoms with Crippen molar-refractivity contribution in [2.75, 3.05) is 11.4 Å². The van der Waals surface area contributed by atoms with Crippen LogP contribution in [0.3, 0.4) is 0 Å². The molecule has 0 unspecified atom stereocenters. The molecule has 1 N–H and O–H groups in total. The zero-order valence-electron chi connectivity index (χ0n) is 16.2. The summed E-state index contributed by atoms with van der Waals surface area (Å²) in [6.07, 6.45) is 1.89. The molecule has 2 heterocycles. The standard InChI is InChI=1S/C22H20ClN3O2S/c1-3-4-11-26-17-8-6-5-7-15(17)18(21(26)28)19-20(27)25-22(29-19)24-14-10-9-13(2)16(23)12-14/h5-10,12H,3-4,11H2,1-2H3,(H,24,25,27). The van der Waals surface area contributed by atoms with Crippen LogP contribution in [0, 0.1) is 6.92 Å². The highest BCUT2D eigenvalue weighted by Gasteiger charge is 2.38. The molecule has 0 bridgehead atoms. The molecule has 2 aromatic carbocycles. The van der Waals surface area contributed by atoms with Gasteiger partial charge in [0.2, 0.25) is 0 Å². The Morgan fingerprint density at radius 2 is 1.97 bits per heavy atom. The maximum absolute atomic E-state index is 13.2. The topological polar surface area (TPSA) is 61.8 Å². The van der Waals surface area contributed by atoms with Gasteiger partial charge in [0.15, 0.2) is 5.17 Å². The summed E-state index contributed by atoms with van der Waals surface area (Å²) in [7, 11) is 0. The molecule has 4 rings (SSSR count). The molecule has 2 aliphatic heterocycles. The molecule has 0 radical (unpaired) electrons. The van der Waals surface area contributed by atoms with E-state index in [1.807, 2.05) is 43.3 Å². The number of thioether (sulfide) groups is 1. The Morgan fingerprint density at radius 3 is 2.72 bits per heavy atom. The number of carbonyl (C=O) groups is 2. The zero-order valence-corrected chi connectivity index (χ0v) is 17.7. The van der Waals surface area contributed by atoms with Gasteiger partial charge in [-0.2, -0.15) is 0 Å². The van der Waals surface area contributed by atoms with Gasteiger partial charge in [-0.05, 0) is 48.9 Å². The van der Waals surface area contributed by atoms with Crippen LogP contribution in [0.4, 0.5) is 11.4 Å². The van der Waals surface area contributed by atoms with Gasteiger partial charge in [0.25, 0.3) is 11.8 Å². The number of para-hydroxylation sites is 1. The van der Waals surface area contributed by atoms with Crippen molar-refractivity contribution in [2.45, 2.75) is 26.7 Å². The van der Waals surface area contributed by atoms with Gasteiger partial charge in [-0.1, -0.05) is 49.2 Å². The highest BCUT2D eigenvalue weighted by Crippen LogP contribution is 2.43. The van der Waals surface area contributed by atoms with Crippen LogP contribution in [-0.4, -0.2) is 23.5 Å². The minimum atomic E-state index is -0.303. The normalized spacial score (nSPS) is 19.8. The molecule has 148 valence electrons. The maximum Gasteiger partial charge on any atom is 0.264 e. The third-order valence-electron chi connectivity index (χ3n) is 4.90. The van der Waals surface area contributed by atoms with Gasteiger partial charge >= 0.3 is 0 Å². The van der Waals surface area contributed by atoms with Crippen molar-refractivity contribution >= 4 is 57.3 Å². The highest BCUT2D eigenvalue weighted by molar-refractivity contribution is 8.18. The molecule has 29 heavy (non-hydrogen) atoms. The molecule has 2 aliphatic rings. The fourth-order valence-corrected chi connectivity index (χ4v) is 4.45. The Labute approximate surface area is 178 Å². The molecule has 7 heteroatoms. The lowest BCUT2D eigenvalue weighted by atomic mass is 10.1. The van der Waals surface area contributed by atoms with Gasteiger partial charge in [-0.15, -0.1) is 0 Å². The van der Waals surface area contributed by atoms with Crippen LogP contribution in [0.15, 0.2) is 52.4 Å². The predicted octanol–water partition coefficient (Wildman–Crippen LogP) is 5.06. The number of fused-ring (bicyclic) bond motifs is 1. The molecule has 0 spiro atoms. The molecule has 2 amide bonds. The zero-order chi connectivity index (χ0) is 20.5. The van der Waals surface area contributed by atoms with E-state index in [0.29, 0.717) is 32.9 Å². The lowest BCUT2D eigenvalue weighted by Crippen LogP contribution is -2.28. The van der Waals surface area contributed by atoms with E-state index in [1.54, 1.807) is 11.0 Å². The van der Waals surface area contributed by atoms with Crippen LogP contribution < -0.4 is 10.2 Å². The van der Waals surface area contributed by atoms with Gasteiger partial charge in [-0.3, -0.25) is 9.59 Å². The van der Waals surface area contributed by atoms with Crippen LogP contribution in [0.5, 0.6) is 0 Å². The summed E-state index contributed by atoms with van der Waals surface area (Å²) in [6, 6.07) is 13.1. The summed E-state index contributed by atoms with van der Waals surface area (Å²) in [5.74, 6) is -0.431. The van der Waals surface area contributed by atoms with E-state index in [0.717, 1.165) is 29.7 Å². The average molecular weight is 426 g/mol. The number of anilines is 1. The second-order valence-electron chi connectivity index (χ2n) is 6.94. The largest absolute Gasteiger partial charge is 0.308 e. The van der Waals surface area contributed by atoms with Gasteiger partial charge in [0, 0.05) is 17.1 Å². The Kier molecular flexibility index (Phi) is 5.48. The molecular formula is C22H20ClN3O2S. The first-order valence-corrected chi connectivity index (χ1v) is 10.7. The van der Waals surface area contributed by atoms with Crippen molar-refractivity contribution in [3.05, 3.63) is 63.5 Å². The number of amides is 2. The average Bonchev–Trinajstić information content (AvgIpc) is 3.19. The van der Waals surface area contributed by atoms with E-state index in [4.69, 9.17) is 11.6 Å². The third kappa shape index (κ3) is 3.70. The number of aliphatic imine (C=N–C) groups is 1. The minimum absolute atomic E-state index is 0.128. The molecule has 0 atom stereocenters. The Bertz CT molecular complexity index is 1080. The van der Waals surface area contributed by atoms with E-state index < -0.39 is 0 Å². The number of nitrogens with one attached hydrogen (secondary N) is 1. The molecule has 0 saturated carbocycles. The maximum atomic E-state index is 13.2. The molecular weight excluding hydrogens is 406 g/mol. The number of rotatable bonds is 4. The van der Waals surface area contributed by atoms with Crippen molar-refractivity contribution in [3.63, 3.8) is 0 Å². The second kappa shape index (κ2) is 8.05. The van der Waals surface area contributed by atoms with Crippen molar-refractivity contribution in [1.82, 2.24) is 5.32 Å². The monoisotopic (exact) mass is 425 g/mol. The Morgan fingerprint density at radius 1 is 1.17 bits per heavy atom. The summed E-state index contributed by atoms with van der Waals surface area (Å²) in [6.45, 7) is 4.64. The molecule has 2 aromatic rings. The second-order valence-corrected chi connectivity index (χ2v) is 8.34. The predicted molar refractivity (Wildman–Crippen MR) is 120 cm³/mol. The number of hydrogen-bond donors (Lipinski definition) is 1. The van der Waals surface area contributed by atoms with E-state index in [1.165, 1.54) is 11.8 Å². The third-order valence-corrected chi connectivity index (χ3v) is 6.28. The van der Waals surface area contributed by atoms with Crippen molar-refractivity contribution in [1.29, 1.82) is 0 Å². The quantitative estimate of drug-likeness (QED) is 0.696. The van der Waals surface area contributed by atoms with Gasteiger partial charge in [0.05, 0.1) is 21.9 Å². The van der Waals surface area contributed by atoms with Crippen LogP contribution in [0.2, 0.25) is 5.02 Å². The summed E-state index contributed by atoms with van der Waals surface area (Å²) < 4.78 is 0. The van der Waals surface area contributed by atoms with E-state index in [9.17, 15) is 9.59 Å². The van der Waals surface area contributed by atoms with Crippen LogP contribution in [0.25, 0.3) is 5.57 Å². The lowest BCUT2D eigenvalue weighted by molar-refractivity contribution is -0.116. The summed E-state index contributed by atoms with van der Waals surface area (Å²) in [5, 5.41) is 3.83. The van der Waals surface area contributed by atoms with E-state index in [2.05, 4.69) is 17.2 Å². The number of carbonyl (C=O) groups excluding carboxylic acids is 2. The molecule has 1 saturated heterocycles. The van der Waals surface area contributed by atoms with Crippen molar-refractivity contribution in [2.24, 2.45) is 4.99 Å². The fourth-order valence-electron chi connectivity index (χ4n) is 3.34. The van der Waals surface area contributed by atoms with E-state index in [-0.39, 0.29) is 11.8 Å². The Balaban J connectivity index is 1.71. The first-order valence-electron chi connectivity index (χ1n) is 9.49. The molecule has 0 aromatic heterocycles. The molecule has 1 fully saturated rings. The number of aryl methyl sites for hydroxylation is 1. The number of unbranched alkanes of at least 4 members (excludes halogenated alkanes) is 1. The summed E-state index contributed by atoms with van der Waals surface area (Å²) in [5.41, 5.74) is 3.72. The number of hydrogen-bond acceptors (Lipinski definition) is 4. The smallest absolute Gasteiger partial charge is 0.264 e. The van der Waals surface area contributed by atoms with Crippen LogP contribution in [-0.2, 0) is 9.59 Å². The number of halogens is 1. The van der Waals surface area contributed by atoms with Gasteiger partial charge < -0.3 is 10.2 Å². The fraction of sp³-hybridized carbons (Fsp3) is 0.227. The number of nitrogens with zero attached hydrogens (tertiary/aromatic N) is 2. The SMILES string of the molecule is CCCCN1C(=O)C(=C2SC(=Nc3ccc(C)c(Cl)c3)NC2=O)c2ccccc21. The van der Waals surface area contributed by atoms with Crippen molar-refractivity contribution in [3.8, 4) is 0 Å². The summed E-state index contributed by atoms with van der Waals surface area (Å²) >= 11 is 7.36. The first-order chi connectivity index (χ1) is 14.0. The Hall–Kier alpha value is -2.57. The molecule has 5 nitrogen and oxygen atoms in total. The number of amidine groups is 1.